The lowest BCUT2D eigenvalue weighted by Gasteiger charge is -2.29. The Morgan fingerprint density at radius 3 is 1.58 bits per heavy atom. The Balaban J connectivity index is 4.27. The zero-order valence-corrected chi connectivity index (χ0v) is 38.2. The van der Waals surface area contributed by atoms with Crippen molar-refractivity contribution in [2.45, 2.75) is 232 Å². The van der Waals surface area contributed by atoms with Crippen molar-refractivity contribution in [2.24, 2.45) is 5.92 Å². The third-order valence-electron chi connectivity index (χ3n) is 11.0. The fourth-order valence-electron chi connectivity index (χ4n) is 6.89. The Labute approximate surface area is 342 Å². The molecule has 0 radical (unpaired) electrons. The quantitative estimate of drug-likeness (QED) is 0.0275. The molecule has 0 aliphatic rings. The molecule has 0 saturated carbocycles. The molecule has 328 valence electrons. The second-order valence-electron chi connectivity index (χ2n) is 17.7. The van der Waals surface area contributed by atoms with E-state index in [9.17, 15) is 19.4 Å². The lowest BCUT2D eigenvalue weighted by atomic mass is 10.00. The Kier molecular flexibility index (Phi) is 37.0. The van der Waals surface area contributed by atoms with Gasteiger partial charge in [-0.3, -0.25) is 9.36 Å². The Bertz CT molecular complexity index is 927. The minimum Gasteiger partial charge on any atom is -0.756 e. The van der Waals surface area contributed by atoms with Crippen LogP contribution in [0, 0.1) is 5.92 Å². The molecule has 0 fully saturated rings. The lowest BCUT2D eigenvalue weighted by Crippen LogP contribution is -2.45. The molecule has 8 nitrogen and oxygen atoms in total. The van der Waals surface area contributed by atoms with Crippen LogP contribution in [0.3, 0.4) is 0 Å². The number of unbranched alkanes of at least 4 members (excludes halogenated alkanes) is 26. The highest BCUT2D eigenvalue weighted by atomic mass is 31.2. The normalized spacial score (nSPS) is 15.0. The van der Waals surface area contributed by atoms with Gasteiger partial charge in [-0.2, -0.15) is 0 Å². The molecule has 0 aromatic carbocycles. The van der Waals surface area contributed by atoms with Crippen LogP contribution in [0.2, 0.25) is 0 Å². The average molecular weight is 801 g/mol. The molecule has 0 rings (SSSR count). The third kappa shape index (κ3) is 39.8. The number of quaternary nitrogens is 1. The van der Waals surface area contributed by atoms with Crippen LogP contribution in [0.4, 0.5) is 0 Å². The van der Waals surface area contributed by atoms with Gasteiger partial charge in [0.15, 0.2) is 0 Å². The lowest BCUT2D eigenvalue weighted by molar-refractivity contribution is -0.870. The summed E-state index contributed by atoms with van der Waals surface area (Å²) in [5, 5.41) is 13.8. The maximum Gasteiger partial charge on any atom is 0.268 e. The van der Waals surface area contributed by atoms with Gasteiger partial charge < -0.3 is 28.8 Å². The number of nitrogens with one attached hydrogen (secondary N) is 1. The molecular formula is C46H93N2O6P. The molecule has 4 atom stereocenters. The Hall–Kier alpha value is -0.760. The number of hydrogen-bond acceptors (Lipinski definition) is 6. The van der Waals surface area contributed by atoms with E-state index in [1.54, 1.807) is 6.08 Å². The van der Waals surface area contributed by atoms with Gasteiger partial charge >= 0.3 is 0 Å². The largest absolute Gasteiger partial charge is 0.756 e. The highest BCUT2D eigenvalue weighted by Crippen LogP contribution is 2.38. The van der Waals surface area contributed by atoms with Gasteiger partial charge in [0.25, 0.3) is 7.82 Å². The summed E-state index contributed by atoms with van der Waals surface area (Å²) in [5.41, 5.74) is 0. The van der Waals surface area contributed by atoms with Gasteiger partial charge in [0.1, 0.15) is 13.2 Å². The van der Waals surface area contributed by atoms with Crippen molar-refractivity contribution in [3.05, 3.63) is 12.2 Å². The van der Waals surface area contributed by atoms with Gasteiger partial charge in [0.2, 0.25) is 5.91 Å². The van der Waals surface area contributed by atoms with Crippen LogP contribution in [0.1, 0.15) is 220 Å². The first-order chi connectivity index (χ1) is 26.4. The summed E-state index contributed by atoms with van der Waals surface area (Å²) in [4.78, 5) is 25.3. The summed E-state index contributed by atoms with van der Waals surface area (Å²) in [6.07, 6.45) is 41.2. The SMILES string of the molecule is CCCCCCCCCCCCCCCCCCCCCCCC(=O)N[C@@H](COP(=O)([O-])OCC[N+](C)(C)C)[C@H](O)/C=C/CCCCCCCCC(C)CC. The molecule has 0 spiro atoms. The molecule has 0 saturated heterocycles. The van der Waals surface area contributed by atoms with Gasteiger partial charge in [-0.05, 0) is 25.2 Å². The van der Waals surface area contributed by atoms with Crippen molar-refractivity contribution >= 4 is 13.7 Å². The predicted octanol–water partition coefficient (Wildman–Crippen LogP) is 12.4. The van der Waals surface area contributed by atoms with Crippen molar-refractivity contribution in [3.63, 3.8) is 0 Å². The first-order valence-electron chi connectivity index (χ1n) is 23.4. The summed E-state index contributed by atoms with van der Waals surface area (Å²) in [5.74, 6) is 0.628. The maximum absolute atomic E-state index is 12.9. The molecule has 2 unspecified atom stereocenters. The summed E-state index contributed by atoms with van der Waals surface area (Å²) in [7, 11) is 1.27. The van der Waals surface area contributed by atoms with Crippen molar-refractivity contribution in [1.29, 1.82) is 0 Å². The molecule has 0 aliphatic heterocycles. The average Bonchev–Trinajstić information content (AvgIpc) is 3.13. The van der Waals surface area contributed by atoms with Crippen molar-refractivity contribution in [1.82, 2.24) is 5.32 Å². The molecule has 0 aromatic rings. The first-order valence-corrected chi connectivity index (χ1v) is 24.9. The van der Waals surface area contributed by atoms with Crippen LogP contribution in [0.15, 0.2) is 12.2 Å². The monoisotopic (exact) mass is 801 g/mol. The van der Waals surface area contributed by atoms with E-state index in [0.717, 1.165) is 44.4 Å². The van der Waals surface area contributed by atoms with E-state index >= 15 is 0 Å². The number of phosphoric acid groups is 1. The fourth-order valence-corrected chi connectivity index (χ4v) is 7.62. The summed E-state index contributed by atoms with van der Waals surface area (Å²) in [6.45, 7) is 6.99. The number of aliphatic hydroxyl groups is 1. The summed E-state index contributed by atoms with van der Waals surface area (Å²) < 4.78 is 23.2. The van der Waals surface area contributed by atoms with Gasteiger partial charge in [0, 0.05) is 6.42 Å². The standard InChI is InChI=1S/C46H93N2O6P/c1-7-9-10-11-12-13-14-15-16-17-18-19-20-21-22-23-24-25-30-33-36-39-46(50)47-44(42-54-55(51,52)53-41-40-48(4,5)6)45(49)38-35-32-29-27-26-28-31-34-37-43(3)8-2/h35,38,43-45,49H,7-34,36-37,39-42H2,1-6H3,(H-,47,50,51,52)/b38-35+/t43?,44-,45+/m0/s1. The van der Waals surface area contributed by atoms with E-state index in [1.165, 1.54) is 154 Å². The molecule has 55 heavy (non-hydrogen) atoms. The van der Waals surface area contributed by atoms with E-state index in [2.05, 4.69) is 26.1 Å². The Morgan fingerprint density at radius 1 is 0.691 bits per heavy atom. The highest BCUT2D eigenvalue weighted by molar-refractivity contribution is 7.45. The van der Waals surface area contributed by atoms with E-state index in [-0.39, 0.29) is 19.1 Å². The van der Waals surface area contributed by atoms with E-state index in [1.807, 2.05) is 27.2 Å². The van der Waals surface area contributed by atoms with Crippen molar-refractivity contribution < 1.29 is 32.9 Å². The predicted molar refractivity (Wildman–Crippen MR) is 233 cm³/mol. The fraction of sp³-hybridized carbons (Fsp3) is 0.935. The van der Waals surface area contributed by atoms with Gasteiger partial charge in [-0.15, -0.1) is 0 Å². The number of carbonyl (C=O) groups is 1. The molecule has 1 amide bonds. The smallest absolute Gasteiger partial charge is 0.268 e. The molecular weight excluding hydrogens is 707 g/mol. The van der Waals surface area contributed by atoms with E-state index in [0.29, 0.717) is 17.4 Å². The van der Waals surface area contributed by atoms with Crippen LogP contribution >= 0.6 is 7.82 Å². The summed E-state index contributed by atoms with van der Waals surface area (Å²) in [6, 6.07) is -0.881. The van der Waals surface area contributed by atoms with Crippen molar-refractivity contribution in [3.8, 4) is 0 Å². The number of allylic oxidation sites excluding steroid dienone is 1. The number of carbonyl (C=O) groups excluding carboxylic acids is 1. The van der Waals surface area contributed by atoms with Crippen LogP contribution in [-0.4, -0.2) is 68.5 Å². The van der Waals surface area contributed by atoms with Crippen molar-refractivity contribution in [2.75, 3.05) is 40.9 Å². The molecule has 0 aromatic heterocycles. The number of hydrogen-bond donors (Lipinski definition) is 2. The number of nitrogens with zero attached hydrogens (tertiary/aromatic N) is 1. The van der Waals surface area contributed by atoms with Crippen LogP contribution in [-0.2, 0) is 18.4 Å². The maximum atomic E-state index is 12.9. The highest BCUT2D eigenvalue weighted by Gasteiger charge is 2.23. The summed E-state index contributed by atoms with van der Waals surface area (Å²) >= 11 is 0. The number of aliphatic hydroxyl groups excluding tert-OH is 1. The molecule has 0 bridgehead atoms. The van der Waals surface area contributed by atoms with Crippen LogP contribution in [0.5, 0.6) is 0 Å². The van der Waals surface area contributed by atoms with E-state index in [4.69, 9.17) is 9.05 Å². The molecule has 9 heteroatoms. The first kappa shape index (κ1) is 54.2. The zero-order chi connectivity index (χ0) is 40.9. The zero-order valence-electron chi connectivity index (χ0n) is 37.3. The van der Waals surface area contributed by atoms with Gasteiger partial charge in [-0.25, -0.2) is 0 Å². The van der Waals surface area contributed by atoms with E-state index < -0.39 is 20.0 Å². The third-order valence-corrected chi connectivity index (χ3v) is 12.0. The molecule has 2 N–H and O–H groups in total. The topological polar surface area (TPSA) is 108 Å². The second-order valence-corrected chi connectivity index (χ2v) is 19.1. The minimum atomic E-state index is -4.58. The molecule has 0 heterocycles. The second kappa shape index (κ2) is 37.5. The Morgan fingerprint density at radius 2 is 1.13 bits per heavy atom. The van der Waals surface area contributed by atoms with Crippen LogP contribution < -0.4 is 10.2 Å². The van der Waals surface area contributed by atoms with Gasteiger partial charge in [0.05, 0.1) is 39.9 Å². The number of likely N-dealkylation sites (N-methyl/N-ethyl adjacent to an activating group) is 1. The number of phosphoric ester groups is 1. The number of rotatable bonds is 42. The van der Waals surface area contributed by atoms with Gasteiger partial charge in [-0.1, -0.05) is 206 Å². The minimum absolute atomic E-state index is 0.00109. The molecule has 0 aliphatic carbocycles. The number of amides is 1. The van der Waals surface area contributed by atoms with Crippen LogP contribution in [0.25, 0.3) is 0 Å².